The Morgan fingerprint density at radius 2 is 2.31 bits per heavy atom. The maximum atomic E-state index is 11.3. The second-order valence-electron chi connectivity index (χ2n) is 4.60. The van der Waals surface area contributed by atoms with Crippen LogP contribution >= 0.6 is 0 Å². The predicted molar refractivity (Wildman–Crippen MR) is 63.1 cm³/mol. The fraction of sp³-hybridized carbons (Fsp3) is 0.769. The molecule has 0 unspecified atom stereocenters. The Kier molecular flexibility index (Phi) is 5.53. The van der Waals surface area contributed by atoms with Crippen LogP contribution in [0.3, 0.4) is 0 Å². The number of ether oxygens (including phenoxy) is 2. The predicted octanol–water partition coefficient (Wildman–Crippen LogP) is 2.70. The Bertz CT molecular complexity index is 246. The first-order valence-corrected chi connectivity index (χ1v) is 6.09. The Morgan fingerprint density at radius 3 is 2.94 bits per heavy atom. The summed E-state index contributed by atoms with van der Waals surface area (Å²) in [6.07, 6.45) is 6.56. The molecule has 0 aromatic carbocycles. The van der Waals surface area contributed by atoms with E-state index in [0.29, 0.717) is 18.9 Å². The molecule has 0 aliphatic carbocycles. The van der Waals surface area contributed by atoms with Gasteiger partial charge in [-0.1, -0.05) is 26.0 Å². The zero-order valence-electron chi connectivity index (χ0n) is 10.4. The summed E-state index contributed by atoms with van der Waals surface area (Å²) >= 11 is 0. The summed E-state index contributed by atoms with van der Waals surface area (Å²) in [5.74, 6) is 0.446. The summed E-state index contributed by atoms with van der Waals surface area (Å²) in [7, 11) is 0. The van der Waals surface area contributed by atoms with Crippen molar-refractivity contribution in [1.82, 2.24) is 0 Å². The van der Waals surface area contributed by atoms with E-state index in [1.165, 1.54) is 0 Å². The largest absolute Gasteiger partial charge is 0.466 e. The van der Waals surface area contributed by atoms with Gasteiger partial charge in [0.05, 0.1) is 25.2 Å². The minimum atomic E-state index is -0.178. The number of carbonyl (C=O) groups is 1. The van der Waals surface area contributed by atoms with Gasteiger partial charge < -0.3 is 9.47 Å². The molecular formula is C13H22O3. The highest BCUT2D eigenvalue weighted by atomic mass is 16.5. The number of esters is 1. The third-order valence-electron chi connectivity index (χ3n) is 2.52. The first kappa shape index (κ1) is 13.2. The van der Waals surface area contributed by atoms with Crippen molar-refractivity contribution in [2.75, 3.05) is 6.61 Å². The van der Waals surface area contributed by atoms with Crippen LogP contribution in [-0.2, 0) is 14.3 Å². The zero-order valence-corrected chi connectivity index (χ0v) is 10.4. The summed E-state index contributed by atoms with van der Waals surface area (Å²) in [6, 6.07) is 0. The normalized spacial score (nSPS) is 24.8. The van der Waals surface area contributed by atoms with E-state index in [-0.39, 0.29) is 18.2 Å². The quantitative estimate of drug-likeness (QED) is 0.534. The van der Waals surface area contributed by atoms with E-state index in [2.05, 4.69) is 19.9 Å². The van der Waals surface area contributed by atoms with Crippen molar-refractivity contribution in [3.05, 3.63) is 12.2 Å². The summed E-state index contributed by atoms with van der Waals surface area (Å²) in [5.41, 5.74) is 0. The number of rotatable bonds is 5. The number of hydrogen-bond acceptors (Lipinski definition) is 3. The molecule has 0 saturated carbocycles. The Labute approximate surface area is 97.8 Å². The van der Waals surface area contributed by atoms with E-state index in [1.54, 1.807) is 0 Å². The van der Waals surface area contributed by atoms with Crippen LogP contribution in [0.4, 0.5) is 0 Å². The van der Waals surface area contributed by atoms with Gasteiger partial charge in [0.15, 0.2) is 0 Å². The first-order chi connectivity index (χ1) is 7.61. The molecule has 0 radical (unpaired) electrons. The van der Waals surface area contributed by atoms with Crippen molar-refractivity contribution in [1.29, 1.82) is 0 Å². The third-order valence-corrected chi connectivity index (χ3v) is 2.52. The van der Waals surface area contributed by atoms with Crippen molar-refractivity contribution in [2.24, 2.45) is 5.92 Å². The molecule has 1 aliphatic rings. The fourth-order valence-electron chi connectivity index (χ4n) is 1.91. The van der Waals surface area contributed by atoms with Gasteiger partial charge in [-0.05, 0) is 25.7 Å². The minimum Gasteiger partial charge on any atom is -0.466 e. The van der Waals surface area contributed by atoms with Gasteiger partial charge in [-0.2, -0.15) is 0 Å². The van der Waals surface area contributed by atoms with E-state index in [0.717, 1.165) is 12.8 Å². The van der Waals surface area contributed by atoms with Crippen molar-refractivity contribution in [2.45, 2.75) is 52.2 Å². The van der Waals surface area contributed by atoms with E-state index in [9.17, 15) is 4.79 Å². The highest BCUT2D eigenvalue weighted by Gasteiger charge is 2.21. The molecular weight excluding hydrogens is 204 g/mol. The van der Waals surface area contributed by atoms with E-state index in [1.807, 2.05) is 13.0 Å². The molecule has 1 heterocycles. The van der Waals surface area contributed by atoms with Crippen molar-refractivity contribution >= 4 is 5.97 Å². The summed E-state index contributed by atoms with van der Waals surface area (Å²) < 4.78 is 10.7. The maximum Gasteiger partial charge on any atom is 0.308 e. The second-order valence-corrected chi connectivity index (χ2v) is 4.60. The standard InChI is InChI=1S/C13H22O3/c1-4-15-13(14)9-12-7-5-6-11(16-12)8-10(2)3/h5,7,10-12H,4,6,8-9H2,1-3H3/t11-,12+/m1/s1. The number of carbonyl (C=O) groups excluding carboxylic acids is 1. The molecule has 1 rings (SSSR count). The molecule has 2 atom stereocenters. The highest BCUT2D eigenvalue weighted by Crippen LogP contribution is 2.20. The molecule has 3 heteroatoms. The fourth-order valence-corrected chi connectivity index (χ4v) is 1.91. The van der Waals surface area contributed by atoms with Crippen LogP contribution in [0.25, 0.3) is 0 Å². The van der Waals surface area contributed by atoms with Gasteiger partial charge in [-0.3, -0.25) is 4.79 Å². The molecule has 0 N–H and O–H groups in total. The highest BCUT2D eigenvalue weighted by molar-refractivity contribution is 5.70. The average Bonchev–Trinajstić information content (AvgIpc) is 2.17. The van der Waals surface area contributed by atoms with Crippen LogP contribution in [0.2, 0.25) is 0 Å². The zero-order chi connectivity index (χ0) is 12.0. The van der Waals surface area contributed by atoms with Gasteiger partial charge in [-0.15, -0.1) is 0 Å². The van der Waals surface area contributed by atoms with Crippen molar-refractivity contribution in [3.8, 4) is 0 Å². The lowest BCUT2D eigenvalue weighted by Gasteiger charge is -2.26. The van der Waals surface area contributed by atoms with Crippen LogP contribution in [0.1, 0.15) is 40.0 Å². The molecule has 0 amide bonds. The van der Waals surface area contributed by atoms with Gasteiger partial charge in [0, 0.05) is 0 Å². The van der Waals surface area contributed by atoms with Crippen LogP contribution in [0, 0.1) is 5.92 Å². The van der Waals surface area contributed by atoms with Gasteiger partial charge >= 0.3 is 5.97 Å². The Morgan fingerprint density at radius 1 is 1.56 bits per heavy atom. The molecule has 92 valence electrons. The van der Waals surface area contributed by atoms with Gasteiger partial charge in [0.1, 0.15) is 0 Å². The van der Waals surface area contributed by atoms with Crippen LogP contribution in [-0.4, -0.2) is 24.8 Å². The van der Waals surface area contributed by atoms with Crippen LogP contribution < -0.4 is 0 Å². The summed E-state index contributed by atoms with van der Waals surface area (Å²) in [4.78, 5) is 11.3. The smallest absolute Gasteiger partial charge is 0.308 e. The summed E-state index contributed by atoms with van der Waals surface area (Å²) in [5, 5.41) is 0. The average molecular weight is 226 g/mol. The Hall–Kier alpha value is -0.830. The van der Waals surface area contributed by atoms with Crippen molar-refractivity contribution < 1.29 is 14.3 Å². The number of hydrogen-bond donors (Lipinski definition) is 0. The van der Waals surface area contributed by atoms with E-state index in [4.69, 9.17) is 9.47 Å². The first-order valence-electron chi connectivity index (χ1n) is 6.09. The molecule has 0 saturated heterocycles. The Balaban J connectivity index is 2.36. The lowest BCUT2D eigenvalue weighted by atomic mass is 10.0. The molecule has 3 nitrogen and oxygen atoms in total. The molecule has 16 heavy (non-hydrogen) atoms. The van der Waals surface area contributed by atoms with E-state index < -0.39 is 0 Å². The van der Waals surface area contributed by atoms with Gasteiger partial charge in [0.2, 0.25) is 0 Å². The molecule has 0 spiro atoms. The summed E-state index contributed by atoms with van der Waals surface area (Å²) in [6.45, 7) is 6.62. The van der Waals surface area contributed by atoms with E-state index >= 15 is 0 Å². The van der Waals surface area contributed by atoms with Crippen LogP contribution in [0.15, 0.2) is 12.2 Å². The molecule has 0 fully saturated rings. The minimum absolute atomic E-state index is 0.100. The lowest BCUT2D eigenvalue weighted by Crippen LogP contribution is -2.27. The second kappa shape index (κ2) is 6.69. The van der Waals surface area contributed by atoms with Crippen LogP contribution in [0.5, 0.6) is 0 Å². The topological polar surface area (TPSA) is 35.5 Å². The maximum absolute atomic E-state index is 11.3. The third kappa shape index (κ3) is 4.79. The molecule has 0 bridgehead atoms. The van der Waals surface area contributed by atoms with Gasteiger partial charge in [-0.25, -0.2) is 0 Å². The molecule has 0 aromatic heterocycles. The lowest BCUT2D eigenvalue weighted by molar-refractivity contribution is -0.146. The van der Waals surface area contributed by atoms with Gasteiger partial charge in [0.25, 0.3) is 0 Å². The SMILES string of the molecule is CCOC(=O)C[C@@H]1C=CC[C@H](CC(C)C)O1. The molecule has 0 aromatic rings. The molecule has 1 aliphatic heterocycles. The van der Waals surface area contributed by atoms with Crippen molar-refractivity contribution in [3.63, 3.8) is 0 Å². The monoisotopic (exact) mass is 226 g/mol.